The Bertz CT molecular complexity index is 888. The number of hydrogen-bond donors (Lipinski definition) is 0. The standard InChI is InChI=1S/C16H12N2O5/c1-3-6-23-17-15(19)10-4-5-13(18(21)22)11-7-9(2)8-12(14(10)11)16(17)20/h3-5,7-8H,1,6H2,2H3. The molecule has 1 aliphatic rings. The van der Waals surface area contributed by atoms with E-state index in [1.54, 1.807) is 19.1 Å². The van der Waals surface area contributed by atoms with Crippen molar-refractivity contribution in [3.8, 4) is 0 Å². The summed E-state index contributed by atoms with van der Waals surface area (Å²) in [7, 11) is 0. The van der Waals surface area contributed by atoms with Crippen LogP contribution in [0.4, 0.5) is 5.69 Å². The molecule has 2 aromatic rings. The highest BCUT2D eigenvalue weighted by Gasteiger charge is 2.35. The van der Waals surface area contributed by atoms with Gasteiger partial charge in [0.2, 0.25) is 0 Å². The lowest BCUT2D eigenvalue weighted by atomic mass is 9.92. The number of carbonyl (C=O) groups is 2. The summed E-state index contributed by atoms with van der Waals surface area (Å²) in [5, 5.41) is 12.4. The van der Waals surface area contributed by atoms with Gasteiger partial charge in [0, 0.05) is 11.5 Å². The molecule has 0 spiro atoms. The zero-order chi connectivity index (χ0) is 16.7. The highest BCUT2D eigenvalue weighted by Crippen LogP contribution is 2.36. The fraction of sp³-hybridized carbons (Fsp3) is 0.125. The Labute approximate surface area is 130 Å². The van der Waals surface area contributed by atoms with Crippen LogP contribution >= 0.6 is 0 Å². The largest absolute Gasteiger partial charge is 0.285 e. The Balaban J connectivity index is 2.33. The number of nitrogens with zero attached hydrogens (tertiary/aromatic N) is 2. The molecule has 2 amide bonds. The van der Waals surface area contributed by atoms with Gasteiger partial charge < -0.3 is 0 Å². The number of carbonyl (C=O) groups excluding carboxylic acids is 2. The third kappa shape index (κ3) is 2.18. The molecule has 0 fully saturated rings. The second-order valence-corrected chi connectivity index (χ2v) is 5.11. The van der Waals surface area contributed by atoms with Crippen LogP contribution in [0.25, 0.3) is 10.8 Å². The number of rotatable bonds is 4. The molecule has 0 atom stereocenters. The van der Waals surface area contributed by atoms with Gasteiger partial charge in [-0.1, -0.05) is 6.08 Å². The number of hydroxylamine groups is 2. The van der Waals surface area contributed by atoms with Gasteiger partial charge in [0.05, 0.1) is 28.0 Å². The van der Waals surface area contributed by atoms with E-state index in [-0.39, 0.29) is 28.8 Å². The molecule has 2 aromatic carbocycles. The fourth-order valence-corrected chi connectivity index (χ4v) is 2.68. The summed E-state index contributed by atoms with van der Waals surface area (Å²) in [6.45, 7) is 5.20. The van der Waals surface area contributed by atoms with Gasteiger partial charge in [-0.05, 0) is 30.7 Å². The predicted molar refractivity (Wildman–Crippen MR) is 82.0 cm³/mol. The summed E-state index contributed by atoms with van der Waals surface area (Å²) in [6.07, 6.45) is 1.41. The second-order valence-electron chi connectivity index (χ2n) is 5.11. The Morgan fingerprint density at radius 3 is 2.61 bits per heavy atom. The third-order valence-corrected chi connectivity index (χ3v) is 3.58. The summed E-state index contributed by atoms with van der Waals surface area (Å²) in [6, 6.07) is 5.80. The average molecular weight is 312 g/mol. The van der Waals surface area contributed by atoms with Crippen molar-refractivity contribution in [3.63, 3.8) is 0 Å². The fourth-order valence-electron chi connectivity index (χ4n) is 2.68. The van der Waals surface area contributed by atoms with Crippen molar-refractivity contribution >= 4 is 28.3 Å². The number of imide groups is 1. The van der Waals surface area contributed by atoms with E-state index in [4.69, 9.17) is 4.84 Å². The van der Waals surface area contributed by atoms with Gasteiger partial charge in [-0.15, -0.1) is 11.6 Å². The quantitative estimate of drug-likeness (QED) is 0.375. The molecule has 3 rings (SSSR count). The zero-order valence-corrected chi connectivity index (χ0v) is 12.2. The molecule has 23 heavy (non-hydrogen) atoms. The van der Waals surface area contributed by atoms with Crippen molar-refractivity contribution < 1.29 is 19.3 Å². The second kappa shape index (κ2) is 5.29. The van der Waals surface area contributed by atoms with E-state index in [2.05, 4.69) is 6.58 Å². The van der Waals surface area contributed by atoms with Crippen molar-refractivity contribution in [1.29, 1.82) is 0 Å². The van der Waals surface area contributed by atoms with E-state index in [0.29, 0.717) is 16.0 Å². The van der Waals surface area contributed by atoms with Crippen molar-refractivity contribution in [3.05, 3.63) is 63.7 Å². The van der Waals surface area contributed by atoms with E-state index in [1.807, 2.05) is 0 Å². The predicted octanol–water partition coefficient (Wildman–Crippen LogP) is 2.77. The molecule has 1 heterocycles. The third-order valence-electron chi connectivity index (χ3n) is 3.58. The van der Waals surface area contributed by atoms with Crippen LogP contribution in [0.2, 0.25) is 0 Å². The molecular formula is C16H12N2O5. The lowest BCUT2D eigenvalue weighted by molar-refractivity contribution is -0.383. The monoisotopic (exact) mass is 312 g/mol. The van der Waals surface area contributed by atoms with E-state index in [9.17, 15) is 19.7 Å². The normalized spacial score (nSPS) is 13.5. The molecule has 0 aliphatic carbocycles. The average Bonchev–Trinajstić information content (AvgIpc) is 2.51. The van der Waals surface area contributed by atoms with E-state index >= 15 is 0 Å². The highest BCUT2D eigenvalue weighted by atomic mass is 16.7. The summed E-state index contributed by atoms with van der Waals surface area (Å²) < 4.78 is 0. The Hall–Kier alpha value is -3.06. The molecular weight excluding hydrogens is 300 g/mol. The minimum atomic E-state index is -0.645. The van der Waals surface area contributed by atoms with E-state index in [1.165, 1.54) is 18.2 Å². The SMILES string of the molecule is C=CCON1C(=O)c2ccc([N+](=O)[O-])c3cc(C)cc(c23)C1=O. The zero-order valence-electron chi connectivity index (χ0n) is 12.2. The molecule has 0 saturated carbocycles. The maximum Gasteiger partial charge on any atom is 0.285 e. The van der Waals surface area contributed by atoms with Gasteiger partial charge in [-0.3, -0.25) is 24.5 Å². The first-order valence-electron chi connectivity index (χ1n) is 6.80. The van der Waals surface area contributed by atoms with Gasteiger partial charge in [-0.2, -0.15) is 0 Å². The molecule has 1 aliphatic heterocycles. The topological polar surface area (TPSA) is 89.8 Å². The van der Waals surface area contributed by atoms with Gasteiger partial charge >= 0.3 is 0 Å². The maximum absolute atomic E-state index is 12.5. The van der Waals surface area contributed by atoms with E-state index < -0.39 is 16.7 Å². The van der Waals surface area contributed by atoms with Crippen LogP contribution < -0.4 is 0 Å². The van der Waals surface area contributed by atoms with Gasteiger partial charge in [0.25, 0.3) is 17.5 Å². The van der Waals surface area contributed by atoms with Gasteiger partial charge in [0.1, 0.15) is 0 Å². The van der Waals surface area contributed by atoms with Crippen LogP contribution in [0.5, 0.6) is 0 Å². The maximum atomic E-state index is 12.5. The molecule has 0 N–H and O–H groups in total. The van der Waals surface area contributed by atoms with Crippen molar-refractivity contribution in [2.24, 2.45) is 0 Å². The van der Waals surface area contributed by atoms with Crippen LogP contribution in [0.15, 0.2) is 36.9 Å². The minimum Gasteiger partial charge on any atom is -0.266 e. The van der Waals surface area contributed by atoms with Crippen LogP contribution in [0.1, 0.15) is 26.3 Å². The molecule has 0 saturated heterocycles. The van der Waals surface area contributed by atoms with Crippen LogP contribution in [0, 0.1) is 17.0 Å². The molecule has 116 valence electrons. The summed E-state index contributed by atoms with van der Waals surface area (Å²) in [5.41, 5.74) is 0.945. The minimum absolute atomic E-state index is 0.00521. The Morgan fingerprint density at radius 2 is 1.96 bits per heavy atom. The number of nitro benzene ring substituents is 1. The lowest BCUT2D eigenvalue weighted by Gasteiger charge is -2.25. The lowest BCUT2D eigenvalue weighted by Crippen LogP contribution is -2.40. The van der Waals surface area contributed by atoms with E-state index in [0.717, 1.165) is 0 Å². The van der Waals surface area contributed by atoms with Crippen molar-refractivity contribution in [2.45, 2.75) is 6.92 Å². The van der Waals surface area contributed by atoms with Crippen LogP contribution in [-0.4, -0.2) is 28.4 Å². The van der Waals surface area contributed by atoms with Crippen LogP contribution in [0.3, 0.4) is 0 Å². The molecule has 0 radical (unpaired) electrons. The molecule has 7 heteroatoms. The first kappa shape index (κ1) is 14.9. The van der Waals surface area contributed by atoms with Gasteiger partial charge in [0.15, 0.2) is 0 Å². The number of nitro groups is 1. The number of non-ortho nitro benzene ring substituents is 1. The summed E-state index contributed by atoms with van der Waals surface area (Å²) in [4.78, 5) is 40.8. The first-order valence-corrected chi connectivity index (χ1v) is 6.80. The number of aryl methyl sites for hydroxylation is 1. The molecule has 0 bridgehead atoms. The summed E-state index contributed by atoms with van der Waals surface area (Å²) in [5.74, 6) is -1.29. The smallest absolute Gasteiger partial charge is 0.266 e. The van der Waals surface area contributed by atoms with Crippen molar-refractivity contribution in [2.75, 3.05) is 6.61 Å². The highest BCUT2D eigenvalue weighted by molar-refractivity contribution is 6.26. The van der Waals surface area contributed by atoms with Gasteiger partial charge in [-0.25, -0.2) is 0 Å². The summed E-state index contributed by atoms with van der Waals surface area (Å²) >= 11 is 0. The Morgan fingerprint density at radius 1 is 1.26 bits per heavy atom. The van der Waals surface area contributed by atoms with Crippen LogP contribution in [-0.2, 0) is 4.84 Å². The number of hydrogen-bond acceptors (Lipinski definition) is 5. The Kier molecular flexibility index (Phi) is 3.42. The number of amides is 2. The molecule has 0 unspecified atom stereocenters. The van der Waals surface area contributed by atoms with Crippen molar-refractivity contribution in [1.82, 2.24) is 5.06 Å². The molecule has 0 aromatic heterocycles. The molecule has 7 nitrogen and oxygen atoms in total. The number of benzene rings is 2. The first-order chi connectivity index (χ1) is 11.0.